The molecule has 28 heavy (non-hydrogen) atoms. The number of nitro groups is 1. The van der Waals surface area contributed by atoms with Gasteiger partial charge >= 0.3 is 11.7 Å². The SMILES string of the molecule is CCOC(=O)COc1ccc([N+](=O)[O-])c(Oc2cc(C#N)cc(C#N)c2)c1F. The highest BCUT2D eigenvalue weighted by molar-refractivity contribution is 5.71. The van der Waals surface area contributed by atoms with Gasteiger partial charge in [0, 0.05) is 6.07 Å². The molecule has 0 unspecified atom stereocenters. The van der Waals surface area contributed by atoms with E-state index in [-0.39, 0.29) is 23.5 Å². The minimum absolute atomic E-state index is 0.0480. The summed E-state index contributed by atoms with van der Waals surface area (Å²) in [4.78, 5) is 21.7. The zero-order valence-corrected chi connectivity index (χ0v) is 14.5. The van der Waals surface area contributed by atoms with Crippen molar-refractivity contribution in [3.8, 4) is 29.4 Å². The average Bonchev–Trinajstić information content (AvgIpc) is 2.68. The lowest BCUT2D eigenvalue weighted by atomic mass is 10.1. The van der Waals surface area contributed by atoms with Crippen molar-refractivity contribution in [2.45, 2.75) is 6.92 Å². The molecule has 0 bridgehead atoms. The number of hydrogen-bond donors (Lipinski definition) is 0. The first-order valence-electron chi connectivity index (χ1n) is 7.78. The van der Waals surface area contributed by atoms with E-state index in [1.54, 1.807) is 19.1 Å². The lowest BCUT2D eigenvalue weighted by Gasteiger charge is -2.12. The quantitative estimate of drug-likeness (QED) is 0.403. The molecule has 0 N–H and O–H groups in total. The second-order valence-corrected chi connectivity index (χ2v) is 5.15. The predicted molar refractivity (Wildman–Crippen MR) is 91.1 cm³/mol. The molecular weight excluding hydrogens is 373 g/mol. The number of esters is 1. The summed E-state index contributed by atoms with van der Waals surface area (Å²) < 4.78 is 29.7. The van der Waals surface area contributed by atoms with Gasteiger partial charge in [-0.05, 0) is 31.2 Å². The van der Waals surface area contributed by atoms with Gasteiger partial charge in [0.05, 0.1) is 34.8 Å². The number of hydrogen-bond acceptors (Lipinski definition) is 8. The minimum Gasteiger partial charge on any atom is -0.479 e. The fraction of sp³-hybridized carbons (Fsp3) is 0.167. The van der Waals surface area contributed by atoms with Gasteiger partial charge < -0.3 is 14.2 Å². The van der Waals surface area contributed by atoms with Gasteiger partial charge in [-0.1, -0.05) is 0 Å². The number of carbonyl (C=O) groups excluding carboxylic acids is 1. The summed E-state index contributed by atoms with van der Waals surface area (Å²) in [6.07, 6.45) is 0. The summed E-state index contributed by atoms with van der Waals surface area (Å²) in [5.41, 5.74) is -0.611. The van der Waals surface area contributed by atoms with Crippen LogP contribution in [0.3, 0.4) is 0 Å². The molecule has 0 aliphatic heterocycles. The standard InChI is InChI=1S/C18H12FN3O6/c1-2-26-16(23)10-27-15-4-3-14(22(24)25)18(17(15)19)28-13-6-11(8-20)5-12(7-13)9-21/h3-7H,2,10H2,1H3. The Morgan fingerprint density at radius 2 is 1.86 bits per heavy atom. The Labute approximate surface area is 158 Å². The number of rotatable bonds is 7. The summed E-state index contributed by atoms with van der Waals surface area (Å²) in [7, 11) is 0. The zero-order valence-electron chi connectivity index (χ0n) is 14.5. The average molecular weight is 385 g/mol. The topological polar surface area (TPSA) is 135 Å². The van der Waals surface area contributed by atoms with Crippen LogP contribution in [-0.4, -0.2) is 24.1 Å². The number of nitro benzene ring substituents is 1. The molecule has 0 aromatic heterocycles. The molecule has 0 fully saturated rings. The van der Waals surface area contributed by atoms with E-state index in [1.807, 2.05) is 0 Å². The van der Waals surface area contributed by atoms with E-state index in [9.17, 15) is 19.3 Å². The number of benzene rings is 2. The van der Waals surface area contributed by atoms with E-state index in [4.69, 9.17) is 20.0 Å². The van der Waals surface area contributed by atoms with Gasteiger partial charge in [-0.25, -0.2) is 4.79 Å². The van der Waals surface area contributed by atoms with Gasteiger partial charge in [0.1, 0.15) is 5.75 Å². The molecule has 10 heteroatoms. The van der Waals surface area contributed by atoms with Crippen molar-refractivity contribution in [2.75, 3.05) is 13.2 Å². The number of nitriles is 2. The third-order valence-corrected chi connectivity index (χ3v) is 3.27. The monoisotopic (exact) mass is 385 g/mol. The van der Waals surface area contributed by atoms with Gasteiger partial charge in [-0.3, -0.25) is 10.1 Å². The smallest absolute Gasteiger partial charge is 0.344 e. The molecule has 0 aliphatic carbocycles. The van der Waals surface area contributed by atoms with Crippen LogP contribution in [0.5, 0.6) is 17.2 Å². The van der Waals surface area contributed by atoms with Gasteiger partial charge in [-0.2, -0.15) is 14.9 Å². The minimum atomic E-state index is -1.22. The fourth-order valence-corrected chi connectivity index (χ4v) is 2.12. The van der Waals surface area contributed by atoms with Crippen LogP contribution in [0.4, 0.5) is 10.1 Å². The van der Waals surface area contributed by atoms with Crippen LogP contribution < -0.4 is 9.47 Å². The van der Waals surface area contributed by atoms with Crippen molar-refractivity contribution in [1.29, 1.82) is 10.5 Å². The Bertz CT molecular complexity index is 977. The summed E-state index contributed by atoms with van der Waals surface area (Å²) in [5.74, 6) is -3.38. The van der Waals surface area contributed by atoms with E-state index in [1.165, 1.54) is 18.2 Å². The summed E-state index contributed by atoms with van der Waals surface area (Å²) >= 11 is 0. The van der Waals surface area contributed by atoms with Crippen molar-refractivity contribution in [3.63, 3.8) is 0 Å². The van der Waals surface area contributed by atoms with Gasteiger partial charge in [0.15, 0.2) is 12.4 Å². The number of nitrogens with zero attached hydrogens (tertiary/aromatic N) is 3. The molecular formula is C18H12FN3O6. The lowest BCUT2D eigenvalue weighted by molar-refractivity contribution is -0.385. The predicted octanol–water partition coefficient (Wildman–Crippen LogP) is 3.21. The van der Waals surface area contributed by atoms with E-state index in [0.29, 0.717) is 0 Å². The maximum atomic E-state index is 14.7. The first-order valence-corrected chi connectivity index (χ1v) is 7.78. The normalized spacial score (nSPS) is 9.71. The molecule has 2 aromatic carbocycles. The molecule has 0 radical (unpaired) electrons. The zero-order chi connectivity index (χ0) is 20.7. The molecule has 0 amide bonds. The highest BCUT2D eigenvalue weighted by atomic mass is 19.1. The second kappa shape index (κ2) is 8.96. The maximum Gasteiger partial charge on any atom is 0.344 e. The molecule has 2 aromatic rings. The van der Waals surface area contributed by atoms with E-state index in [2.05, 4.69) is 4.74 Å². The largest absolute Gasteiger partial charge is 0.479 e. The second-order valence-electron chi connectivity index (χ2n) is 5.15. The van der Waals surface area contributed by atoms with E-state index >= 15 is 0 Å². The molecule has 142 valence electrons. The van der Waals surface area contributed by atoms with Crippen LogP contribution in [-0.2, 0) is 9.53 Å². The summed E-state index contributed by atoms with van der Waals surface area (Å²) in [5, 5.41) is 29.2. The van der Waals surface area contributed by atoms with Gasteiger partial charge in [0.2, 0.25) is 11.6 Å². The molecule has 0 saturated carbocycles. The third-order valence-electron chi connectivity index (χ3n) is 3.27. The van der Waals surface area contributed by atoms with Crippen molar-refractivity contribution >= 4 is 11.7 Å². The molecule has 0 saturated heterocycles. The Morgan fingerprint density at radius 1 is 1.21 bits per heavy atom. The van der Waals surface area contributed by atoms with Crippen molar-refractivity contribution in [1.82, 2.24) is 0 Å². The Hall–Kier alpha value is -4.18. The number of halogens is 1. The number of ether oxygens (including phenoxy) is 3. The third kappa shape index (κ3) is 4.71. The van der Waals surface area contributed by atoms with Crippen LogP contribution in [0.25, 0.3) is 0 Å². The van der Waals surface area contributed by atoms with Crippen molar-refractivity contribution < 1.29 is 28.3 Å². The molecule has 9 nitrogen and oxygen atoms in total. The van der Waals surface area contributed by atoms with Crippen LogP contribution >= 0.6 is 0 Å². The molecule has 0 heterocycles. The van der Waals surface area contributed by atoms with Crippen LogP contribution in [0, 0.1) is 38.6 Å². The van der Waals surface area contributed by atoms with Crippen LogP contribution in [0.2, 0.25) is 0 Å². The molecule has 0 atom stereocenters. The van der Waals surface area contributed by atoms with E-state index < -0.39 is 40.5 Å². The Balaban J connectivity index is 2.43. The maximum absolute atomic E-state index is 14.7. The lowest BCUT2D eigenvalue weighted by Crippen LogP contribution is -2.15. The van der Waals surface area contributed by atoms with Crippen LogP contribution in [0.15, 0.2) is 30.3 Å². The van der Waals surface area contributed by atoms with Gasteiger partial charge in [0.25, 0.3) is 0 Å². The first-order chi connectivity index (χ1) is 13.4. The highest BCUT2D eigenvalue weighted by Crippen LogP contribution is 2.39. The van der Waals surface area contributed by atoms with E-state index in [0.717, 1.165) is 12.1 Å². The van der Waals surface area contributed by atoms with Gasteiger partial charge in [-0.15, -0.1) is 0 Å². The summed E-state index contributed by atoms with van der Waals surface area (Å²) in [6.45, 7) is 1.08. The Kier molecular flexibility index (Phi) is 6.44. The first kappa shape index (κ1) is 20.1. The molecule has 0 aliphatic rings. The highest BCUT2D eigenvalue weighted by Gasteiger charge is 2.25. The Morgan fingerprint density at radius 3 is 2.39 bits per heavy atom. The molecule has 2 rings (SSSR count). The fourth-order valence-electron chi connectivity index (χ4n) is 2.12. The van der Waals surface area contributed by atoms with Crippen LogP contribution in [0.1, 0.15) is 18.1 Å². The summed E-state index contributed by atoms with van der Waals surface area (Å²) in [6, 6.07) is 9.18. The van der Waals surface area contributed by atoms with Crippen molar-refractivity contribution in [2.24, 2.45) is 0 Å². The van der Waals surface area contributed by atoms with Crippen molar-refractivity contribution in [3.05, 3.63) is 57.4 Å². The number of carbonyl (C=O) groups is 1. The molecule has 0 spiro atoms.